The van der Waals surface area contributed by atoms with Crippen molar-refractivity contribution in [1.82, 2.24) is 5.32 Å². The first kappa shape index (κ1) is 21.5. The number of nitrogens with one attached hydrogen (secondary N) is 1. The summed E-state index contributed by atoms with van der Waals surface area (Å²) in [5.41, 5.74) is 7.72. The second-order valence-electron chi connectivity index (χ2n) is 6.64. The van der Waals surface area contributed by atoms with Gasteiger partial charge in [0.2, 0.25) is 5.91 Å². The predicted octanol–water partition coefficient (Wildman–Crippen LogP) is 2.98. The van der Waals surface area contributed by atoms with E-state index in [1.165, 1.54) is 0 Å². The van der Waals surface area contributed by atoms with E-state index in [1.807, 2.05) is 46.8 Å². The maximum atomic E-state index is 12.3. The Balaban J connectivity index is 0.00000484. The van der Waals surface area contributed by atoms with E-state index in [1.54, 1.807) is 14.2 Å². The molecule has 23 heavy (non-hydrogen) atoms. The molecule has 132 valence electrons. The van der Waals surface area contributed by atoms with E-state index in [-0.39, 0.29) is 29.8 Å². The van der Waals surface area contributed by atoms with Gasteiger partial charge in [-0.25, -0.2) is 0 Å². The fourth-order valence-electron chi connectivity index (χ4n) is 2.24. The Kier molecular flexibility index (Phi) is 7.87. The molecule has 6 heteroatoms. The molecule has 1 aromatic rings. The number of carbonyl (C=O) groups excluding carboxylic acids is 1. The summed E-state index contributed by atoms with van der Waals surface area (Å²) >= 11 is 0. The van der Waals surface area contributed by atoms with Gasteiger partial charge in [-0.15, -0.1) is 12.4 Å². The lowest BCUT2D eigenvalue weighted by atomic mass is 9.86. The van der Waals surface area contributed by atoms with Gasteiger partial charge in [-0.05, 0) is 42.5 Å². The molecule has 0 aromatic heterocycles. The van der Waals surface area contributed by atoms with Crippen molar-refractivity contribution in [2.75, 3.05) is 14.2 Å². The molecule has 0 aliphatic heterocycles. The summed E-state index contributed by atoms with van der Waals surface area (Å²) in [7, 11) is 3.19. The fourth-order valence-corrected chi connectivity index (χ4v) is 2.24. The van der Waals surface area contributed by atoms with Crippen molar-refractivity contribution in [3.05, 3.63) is 23.3 Å². The molecule has 0 aliphatic rings. The van der Waals surface area contributed by atoms with Crippen LogP contribution in [0, 0.1) is 12.3 Å². The number of halogens is 1. The van der Waals surface area contributed by atoms with Crippen LogP contribution in [0.2, 0.25) is 0 Å². The molecule has 5 nitrogen and oxygen atoms in total. The molecule has 0 fully saturated rings. The first-order valence-electron chi connectivity index (χ1n) is 7.40. The Bertz CT molecular complexity index is 541. The third kappa shape index (κ3) is 5.29. The summed E-state index contributed by atoms with van der Waals surface area (Å²) in [4.78, 5) is 12.3. The van der Waals surface area contributed by atoms with E-state index in [9.17, 15) is 4.79 Å². The van der Waals surface area contributed by atoms with Gasteiger partial charge in [0, 0.05) is 0 Å². The zero-order valence-electron chi connectivity index (χ0n) is 15.0. The van der Waals surface area contributed by atoms with Crippen molar-refractivity contribution in [3.8, 4) is 11.5 Å². The van der Waals surface area contributed by atoms with Gasteiger partial charge in [-0.1, -0.05) is 20.8 Å². The van der Waals surface area contributed by atoms with Crippen molar-refractivity contribution in [2.45, 2.75) is 46.7 Å². The lowest BCUT2D eigenvalue weighted by molar-refractivity contribution is -0.125. The first-order chi connectivity index (χ1) is 10.1. The van der Waals surface area contributed by atoms with Crippen LogP contribution in [0.4, 0.5) is 0 Å². The molecular weight excluding hydrogens is 316 g/mol. The number of rotatable bonds is 5. The average molecular weight is 345 g/mol. The van der Waals surface area contributed by atoms with Crippen molar-refractivity contribution in [2.24, 2.45) is 11.1 Å². The minimum atomic E-state index is -0.560. The highest BCUT2D eigenvalue weighted by Crippen LogP contribution is 2.33. The average Bonchev–Trinajstić information content (AvgIpc) is 2.44. The van der Waals surface area contributed by atoms with Crippen LogP contribution in [0.1, 0.15) is 44.9 Å². The van der Waals surface area contributed by atoms with E-state index in [0.717, 1.165) is 11.1 Å². The molecule has 1 aromatic carbocycles. The van der Waals surface area contributed by atoms with Crippen molar-refractivity contribution in [3.63, 3.8) is 0 Å². The summed E-state index contributed by atoms with van der Waals surface area (Å²) in [6, 6.07) is 3.07. The number of amides is 1. The van der Waals surface area contributed by atoms with Gasteiger partial charge in [0.25, 0.3) is 0 Å². The zero-order chi connectivity index (χ0) is 17.1. The van der Waals surface area contributed by atoms with Gasteiger partial charge in [-0.2, -0.15) is 0 Å². The molecule has 0 spiro atoms. The Hall–Kier alpha value is -1.46. The van der Waals surface area contributed by atoms with Crippen LogP contribution in [0.3, 0.4) is 0 Å². The Morgan fingerprint density at radius 1 is 1.17 bits per heavy atom. The number of hydrogen-bond acceptors (Lipinski definition) is 4. The van der Waals surface area contributed by atoms with Gasteiger partial charge in [-0.3, -0.25) is 4.79 Å². The number of methoxy groups -OCH3 is 2. The quantitative estimate of drug-likeness (QED) is 0.861. The zero-order valence-corrected chi connectivity index (χ0v) is 15.8. The predicted molar refractivity (Wildman–Crippen MR) is 95.5 cm³/mol. The summed E-state index contributed by atoms with van der Waals surface area (Å²) < 4.78 is 10.6. The van der Waals surface area contributed by atoms with E-state index in [0.29, 0.717) is 11.5 Å². The normalized spacial score (nSPS) is 13.6. The SMILES string of the molecule is COc1cc(C)c(C(C)NC(=O)[C@@H](N)C(C)(C)C)cc1OC.Cl. The van der Waals surface area contributed by atoms with Gasteiger partial charge < -0.3 is 20.5 Å². The van der Waals surface area contributed by atoms with Crippen LogP contribution in [0.15, 0.2) is 12.1 Å². The Morgan fingerprint density at radius 2 is 1.65 bits per heavy atom. The van der Waals surface area contributed by atoms with Gasteiger partial charge in [0.15, 0.2) is 11.5 Å². The molecule has 1 rings (SSSR count). The van der Waals surface area contributed by atoms with Crippen molar-refractivity contribution in [1.29, 1.82) is 0 Å². The summed E-state index contributed by atoms with van der Waals surface area (Å²) in [5, 5.41) is 2.97. The topological polar surface area (TPSA) is 73.6 Å². The van der Waals surface area contributed by atoms with E-state index in [2.05, 4.69) is 5.32 Å². The van der Waals surface area contributed by atoms with Crippen LogP contribution in [-0.2, 0) is 4.79 Å². The highest BCUT2D eigenvalue weighted by Gasteiger charge is 2.28. The number of benzene rings is 1. The molecule has 2 atom stereocenters. The standard InChI is InChI=1S/C17H28N2O3.ClH/c1-10-8-13(21-6)14(22-7)9-12(10)11(2)19-16(20)15(18)17(3,4)5;/h8-9,11,15H,18H2,1-7H3,(H,19,20);1H/t11?,15-;/m1./s1. The first-order valence-corrected chi connectivity index (χ1v) is 7.40. The Morgan fingerprint density at radius 3 is 2.09 bits per heavy atom. The largest absolute Gasteiger partial charge is 0.493 e. The maximum Gasteiger partial charge on any atom is 0.237 e. The summed E-state index contributed by atoms with van der Waals surface area (Å²) in [6.07, 6.45) is 0. The molecule has 3 N–H and O–H groups in total. The highest BCUT2D eigenvalue weighted by atomic mass is 35.5. The minimum Gasteiger partial charge on any atom is -0.493 e. The van der Waals surface area contributed by atoms with Crippen LogP contribution in [0.25, 0.3) is 0 Å². The van der Waals surface area contributed by atoms with E-state index >= 15 is 0 Å². The van der Waals surface area contributed by atoms with Crippen LogP contribution < -0.4 is 20.5 Å². The van der Waals surface area contributed by atoms with Crippen LogP contribution >= 0.6 is 12.4 Å². The monoisotopic (exact) mass is 344 g/mol. The lowest BCUT2D eigenvalue weighted by Crippen LogP contribution is -2.49. The van der Waals surface area contributed by atoms with Gasteiger partial charge >= 0.3 is 0 Å². The minimum absolute atomic E-state index is 0. The third-order valence-electron chi connectivity index (χ3n) is 3.81. The third-order valence-corrected chi connectivity index (χ3v) is 3.81. The van der Waals surface area contributed by atoms with E-state index < -0.39 is 6.04 Å². The fraction of sp³-hybridized carbons (Fsp3) is 0.588. The van der Waals surface area contributed by atoms with Crippen LogP contribution in [-0.4, -0.2) is 26.2 Å². The molecule has 0 saturated carbocycles. The van der Waals surface area contributed by atoms with E-state index in [4.69, 9.17) is 15.2 Å². The highest BCUT2D eigenvalue weighted by molar-refractivity contribution is 5.85. The maximum absolute atomic E-state index is 12.3. The molecule has 1 amide bonds. The number of nitrogens with two attached hydrogens (primary N) is 1. The van der Waals surface area contributed by atoms with Gasteiger partial charge in [0.1, 0.15) is 0 Å². The number of hydrogen-bond donors (Lipinski definition) is 2. The summed E-state index contributed by atoms with van der Waals surface area (Å²) in [6.45, 7) is 9.75. The number of aryl methyl sites for hydroxylation is 1. The lowest BCUT2D eigenvalue weighted by Gasteiger charge is -2.28. The molecule has 0 bridgehead atoms. The smallest absolute Gasteiger partial charge is 0.237 e. The second kappa shape index (κ2) is 8.41. The van der Waals surface area contributed by atoms with Gasteiger partial charge in [0.05, 0.1) is 26.3 Å². The molecule has 0 radical (unpaired) electrons. The van der Waals surface area contributed by atoms with Crippen LogP contribution in [0.5, 0.6) is 11.5 Å². The van der Waals surface area contributed by atoms with Crippen molar-refractivity contribution >= 4 is 18.3 Å². The molecule has 0 saturated heterocycles. The molecular formula is C17H29ClN2O3. The molecule has 1 unspecified atom stereocenters. The molecule has 0 heterocycles. The Labute approximate surface area is 145 Å². The molecule has 0 aliphatic carbocycles. The summed E-state index contributed by atoms with van der Waals surface area (Å²) in [5.74, 6) is 1.16. The second-order valence-corrected chi connectivity index (χ2v) is 6.64. The number of ether oxygens (including phenoxy) is 2. The number of carbonyl (C=O) groups is 1. The van der Waals surface area contributed by atoms with Crippen molar-refractivity contribution < 1.29 is 14.3 Å².